The third kappa shape index (κ3) is 5.02. The first-order chi connectivity index (χ1) is 9.95. The van der Waals surface area contributed by atoms with E-state index in [9.17, 15) is 13.2 Å². The number of benzene rings is 1. The molecule has 0 unspecified atom stereocenters. The van der Waals surface area contributed by atoms with E-state index in [4.69, 9.17) is 0 Å². The summed E-state index contributed by atoms with van der Waals surface area (Å²) >= 11 is 0.630. The molecular formula is C14H16F3N3S. The molecule has 0 aliphatic heterocycles. The normalized spacial score (nSPS) is 11.9. The van der Waals surface area contributed by atoms with Crippen LogP contribution < -0.4 is 5.32 Å². The molecule has 0 saturated carbocycles. The van der Waals surface area contributed by atoms with E-state index in [1.807, 2.05) is 37.4 Å². The second-order valence-electron chi connectivity index (χ2n) is 4.68. The van der Waals surface area contributed by atoms with Crippen LogP contribution in [0.5, 0.6) is 0 Å². The summed E-state index contributed by atoms with van der Waals surface area (Å²) in [7, 11) is 1.97. The zero-order chi connectivity index (χ0) is 15.3. The highest BCUT2D eigenvalue weighted by Crippen LogP contribution is 2.34. The van der Waals surface area contributed by atoms with Crippen molar-refractivity contribution in [2.24, 2.45) is 0 Å². The summed E-state index contributed by atoms with van der Waals surface area (Å²) in [4.78, 5) is 5.15. The number of rotatable bonds is 6. The first-order valence-electron chi connectivity index (χ1n) is 6.44. The zero-order valence-electron chi connectivity index (χ0n) is 11.5. The van der Waals surface area contributed by atoms with Crippen molar-refractivity contribution in [1.29, 1.82) is 0 Å². The van der Waals surface area contributed by atoms with Crippen LogP contribution in [0.25, 0.3) is 0 Å². The number of likely N-dealkylation sites (N-methyl/N-ethyl adjacent to an activating group) is 1. The van der Waals surface area contributed by atoms with E-state index in [0.717, 1.165) is 19.3 Å². The lowest BCUT2D eigenvalue weighted by Crippen LogP contribution is -2.24. The fraction of sp³-hybridized carbons (Fsp3) is 0.357. The van der Waals surface area contributed by atoms with Gasteiger partial charge in [-0.25, -0.2) is 4.98 Å². The van der Waals surface area contributed by atoms with Crippen molar-refractivity contribution in [1.82, 2.24) is 9.88 Å². The summed E-state index contributed by atoms with van der Waals surface area (Å²) in [6.45, 7) is 2.07. The zero-order valence-corrected chi connectivity index (χ0v) is 12.3. The van der Waals surface area contributed by atoms with Crippen molar-refractivity contribution in [3.8, 4) is 0 Å². The number of nitrogens with zero attached hydrogens (tertiary/aromatic N) is 2. The van der Waals surface area contributed by atoms with Crippen LogP contribution in [0, 0.1) is 0 Å². The Morgan fingerprint density at radius 1 is 1.24 bits per heavy atom. The van der Waals surface area contributed by atoms with Gasteiger partial charge in [0, 0.05) is 19.6 Å². The van der Waals surface area contributed by atoms with Gasteiger partial charge < -0.3 is 10.2 Å². The standard InChI is InChI=1S/C14H16F3N3S/c1-20(10-11-5-3-2-4-6-11)8-7-18-13-19-9-12(21-13)14(15,16)17/h2-6,9H,7-8,10H2,1H3,(H,18,19). The molecule has 1 N–H and O–H groups in total. The predicted molar refractivity (Wildman–Crippen MR) is 78.4 cm³/mol. The lowest BCUT2D eigenvalue weighted by atomic mass is 10.2. The number of aromatic nitrogens is 1. The average molecular weight is 315 g/mol. The molecule has 0 atom stereocenters. The number of thiazole rings is 1. The number of anilines is 1. The molecule has 21 heavy (non-hydrogen) atoms. The van der Waals surface area contributed by atoms with Crippen LogP contribution in [0.15, 0.2) is 36.5 Å². The van der Waals surface area contributed by atoms with Crippen LogP contribution in [0.2, 0.25) is 0 Å². The van der Waals surface area contributed by atoms with E-state index < -0.39 is 11.1 Å². The molecule has 0 amide bonds. The molecule has 0 aliphatic rings. The van der Waals surface area contributed by atoms with Gasteiger partial charge in [0.15, 0.2) is 5.13 Å². The first-order valence-corrected chi connectivity index (χ1v) is 7.26. The molecule has 0 radical (unpaired) electrons. The Labute approximate surface area is 125 Å². The van der Waals surface area contributed by atoms with E-state index in [1.54, 1.807) is 0 Å². The third-order valence-corrected chi connectivity index (χ3v) is 3.85. The molecule has 7 heteroatoms. The van der Waals surface area contributed by atoms with Crippen LogP contribution in [0.4, 0.5) is 18.3 Å². The monoisotopic (exact) mass is 315 g/mol. The average Bonchev–Trinajstić information content (AvgIpc) is 2.88. The maximum absolute atomic E-state index is 12.4. The molecule has 114 valence electrons. The molecule has 3 nitrogen and oxygen atoms in total. The summed E-state index contributed by atoms with van der Waals surface area (Å²) in [5.41, 5.74) is 1.20. The minimum atomic E-state index is -4.32. The molecule has 0 spiro atoms. The Hall–Kier alpha value is -1.60. The minimum Gasteiger partial charge on any atom is -0.360 e. The first kappa shape index (κ1) is 15.8. The van der Waals surface area contributed by atoms with Gasteiger partial charge in [0.25, 0.3) is 0 Å². The summed E-state index contributed by atoms with van der Waals surface area (Å²) < 4.78 is 37.3. The summed E-state index contributed by atoms with van der Waals surface area (Å²) in [6.07, 6.45) is -3.46. The fourth-order valence-corrected chi connectivity index (χ4v) is 2.52. The summed E-state index contributed by atoms with van der Waals surface area (Å²) in [5.74, 6) is 0. The highest BCUT2D eigenvalue weighted by Gasteiger charge is 2.33. The lowest BCUT2D eigenvalue weighted by Gasteiger charge is -2.16. The van der Waals surface area contributed by atoms with Gasteiger partial charge in [-0.2, -0.15) is 13.2 Å². The van der Waals surface area contributed by atoms with Crippen molar-refractivity contribution < 1.29 is 13.2 Å². The van der Waals surface area contributed by atoms with Crippen LogP contribution in [-0.2, 0) is 12.7 Å². The molecule has 2 aromatic rings. The summed E-state index contributed by atoms with van der Waals surface area (Å²) in [6, 6.07) is 10.0. The maximum atomic E-state index is 12.4. The Morgan fingerprint density at radius 2 is 1.95 bits per heavy atom. The van der Waals surface area contributed by atoms with Crippen molar-refractivity contribution in [2.75, 3.05) is 25.5 Å². The molecule has 0 saturated heterocycles. The number of alkyl halides is 3. The van der Waals surface area contributed by atoms with E-state index in [2.05, 4.69) is 15.2 Å². The van der Waals surface area contributed by atoms with Crippen molar-refractivity contribution in [3.05, 3.63) is 47.0 Å². The number of hydrogen-bond acceptors (Lipinski definition) is 4. The number of halogens is 3. The fourth-order valence-electron chi connectivity index (χ4n) is 1.81. The molecule has 1 aromatic carbocycles. The van der Waals surface area contributed by atoms with Crippen LogP contribution in [0.1, 0.15) is 10.4 Å². The van der Waals surface area contributed by atoms with Gasteiger partial charge in [-0.1, -0.05) is 41.7 Å². The smallest absolute Gasteiger partial charge is 0.360 e. The Morgan fingerprint density at radius 3 is 2.57 bits per heavy atom. The number of hydrogen-bond donors (Lipinski definition) is 1. The van der Waals surface area contributed by atoms with Crippen LogP contribution in [-0.4, -0.2) is 30.0 Å². The van der Waals surface area contributed by atoms with Gasteiger partial charge in [0.2, 0.25) is 0 Å². The molecule has 0 aliphatic carbocycles. The molecule has 1 aromatic heterocycles. The van der Waals surface area contributed by atoms with E-state index in [1.165, 1.54) is 5.56 Å². The number of nitrogens with one attached hydrogen (secondary N) is 1. The quantitative estimate of drug-likeness (QED) is 0.881. The van der Waals surface area contributed by atoms with E-state index in [0.29, 0.717) is 23.0 Å². The topological polar surface area (TPSA) is 28.2 Å². The molecule has 0 fully saturated rings. The molecular weight excluding hydrogens is 299 g/mol. The van der Waals surface area contributed by atoms with Gasteiger partial charge in [-0.3, -0.25) is 0 Å². The van der Waals surface area contributed by atoms with E-state index in [-0.39, 0.29) is 0 Å². The Kier molecular flexibility index (Phi) is 5.19. The highest BCUT2D eigenvalue weighted by molar-refractivity contribution is 7.15. The van der Waals surface area contributed by atoms with E-state index >= 15 is 0 Å². The van der Waals surface area contributed by atoms with Crippen molar-refractivity contribution >= 4 is 16.5 Å². The Balaban J connectivity index is 1.75. The summed E-state index contributed by atoms with van der Waals surface area (Å²) in [5, 5.41) is 3.22. The predicted octanol–water partition coefficient (Wildman–Crippen LogP) is 3.71. The van der Waals surface area contributed by atoms with Crippen molar-refractivity contribution in [2.45, 2.75) is 12.7 Å². The van der Waals surface area contributed by atoms with Crippen LogP contribution in [0.3, 0.4) is 0 Å². The van der Waals surface area contributed by atoms with Gasteiger partial charge in [0.1, 0.15) is 4.88 Å². The van der Waals surface area contributed by atoms with Crippen LogP contribution >= 0.6 is 11.3 Å². The van der Waals surface area contributed by atoms with Gasteiger partial charge in [-0.15, -0.1) is 0 Å². The highest BCUT2D eigenvalue weighted by atomic mass is 32.1. The third-order valence-electron chi connectivity index (χ3n) is 2.85. The largest absolute Gasteiger partial charge is 0.427 e. The van der Waals surface area contributed by atoms with Gasteiger partial charge in [-0.05, 0) is 12.6 Å². The molecule has 1 heterocycles. The molecule has 2 rings (SSSR count). The van der Waals surface area contributed by atoms with Gasteiger partial charge in [0.05, 0.1) is 6.20 Å². The Bertz CT molecular complexity index is 554. The second kappa shape index (κ2) is 6.91. The van der Waals surface area contributed by atoms with Crippen molar-refractivity contribution in [3.63, 3.8) is 0 Å². The molecule has 0 bridgehead atoms. The SMILES string of the molecule is CN(CCNc1ncc(C(F)(F)F)s1)Cc1ccccc1. The lowest BCUT2D eigenvalue weighted by molar-refractivity contribution is -0.134. The maximum Gasteiger partial charge on any atom is 0.427 e. The van der Waals surface area contributed by atoms with Gasteiger partial charge >= 0.3 is 6.18 Å². The minimum absolute atomic E-state index is 0.301. The second-order valence-corrected chi connectivity index (χ2v) is 5.71.